The number of hydrogen-bond acceptors (Lipinski definition) is 6. The standard InChI is InChI=1S/C18H17FN4OS/c1-25-18-21-16-10-15(12-2-4-13(19)5-3-12)20-11-14(16)17(22-18)23-6-8-24-9-7-23/h2-5,10-11H,6-9H2,1H3. The van der Waals surface area contributed by atoms with E-state index in [1.165, 1.54) is 23.9 Å². The first kappa shape index (κ1) is 16.2. The summed E-state index contributed by atoms with van der Waals surface area (Å²) in [4.78, 5) is 16.1. The molecule has 0 radical (unpaired) electrons. The highest BCUT2D eigenvalue weighted by atomic mass is 32.2. The number of fused-ring (bicyclic) bond motifs is 1. The van der Waals surface area contributed by atoms with Crippen LogP contribution in [0, 0.1) is 5.82 Å². The first-order valence-electron chi connectivity index (χ1n) is 8.05. The van der Waals surface area contributed by atoms with E-state index in [-0.39, 0.29) is 5.82 Å². The molecule has 7 heteroatoms. The van der Waals surface area contributed by atoms with Crippen LogP contribution in [0.4, 0.5) is 10.2 Å². The Morgan fingerprint density at radius 3 is 2.60 bits per heavy atom. The van der Waals surface area contributed by atoms with Crippen molar-refractivity contribution in [1.29, 1.82) is 0 Å². The Kier molecular flexibility index (Phi) is 4.50. The average molecular weight is 356 g/mol. The first-order valence-corrected chi connectivity index (χ1v) is 9.27. The number of halogens is 1. The Morgan fingerprint density at radius 1 is 1.12 bits per heavy atom. The van der Waals surface area contributed by atoms with Crippen LogP contribution < -0.4 is 4.90 Å². The van der Waals surface area contributed by atoms with Crippen LogP contribution in [0.5, 0.6) is 0 Å². The third-order valence-corrected chi connectivity index (χ3v) is 4.72. The van der Waals surface area contributed by atoms with Gasteiger partial charge in [0.05, 0.1) is 29.8 Å². The number of aromatic nitrogens is 3. The Hall–Kier alpha value is -2.25. The molecule has 0 bridgehead atoms. The normalized spacial score (nSPS) is 14.9. The van der Waals surface area contributed by atoms with Gasteiger partial charge in [0.2, 0.25) is 0 Å². The molecule has 0 saturated carbocycles. The fraction of sp³-hybridized carbons (Fsp3) is 0.278. The molecule has 0 amide bonds. The van der Waals surface area contributed by atoms with E-state index in [1.54, 1.807) is 12.1 Å². The monoisotopic (exact) mass is 356 g/mol. The lowest BCUT2D eigenvalue weighted by Crippen LogP contribution is -2.37. The fourth-order valence-corrected chi connectivity index (χ4v) is 3.24. The molecule has 1 aliphatic heterocycles. The number of pyridine rings is 1. The predicted molar refractivity (Wildman–Crippen MR) is 97.5 cm³/mol. The van der Waals surface area contributed by atoms with Crippen molar-refractivity contribution in [1.82, 2.24) is 15.0 Å². The lowest BCUT2D eigenvalue weighted by molar-refractivity contribution is 0.122. The van der Waals surface area contributed by atoms with Gasteiger partial charge in [-0.3, -0.25) is 4.98 Å². The van der Waals surface area contributed by atoms with Gasteiger partial charge in [0.25, 0.3) is 0 Å². The number of morpholine rings is 1. The number of thioether (sulfide) groups is 1. The molecule has 2 aromatic heterocycles. The van der Waals surface area contributed by atoms with Gasteiger partial charge >= 0.3 is 0 Å². The highest BCUT2D eigenvalue weighted by Gasteiger charge is 2.18. The van der Waals surface area contributed by atoms with Gasteiger partial charge in [-0.1, -0.05) is 11.8 Å². The van der Waals surface area contributed by atoms with E-state index in [1.807, 2.05) is 18.5 Å². The largest absolute Gasteiger partial charge is 0.378 e. The van der Waals surface area contributed by atoms with E-state index in [0.29, 0.717) is 13.2 Å². The zero-order valence-corrected chi connectivity index (χ0v) is 14.6. The van der Waals surface area contributed by atoms with E-state index < -0.39 is 0 Å². The van der Waals surface area contributed by atoms with Crippen LogP contribution in [-0.2, 0) is 4.74 Å². The van der Waals surface area contributed by atoms with Gasteiger partial charge in [-0.05, 0) is 36.6 Å². The molecule has 3 heterocycles. The average Bonchev–Trinajstić information content (AvgIpc) is 2.68. The number of ether oxygens (including phenoxy) is 1. The maximum Gasteiger partial charge on any atom is 0.189 e. The highest BCUT2D eigenvalue weighted by Crippen LogP contribution is 2.29. The van der Waals surface area contributed by atoms with Crippen LogP contribution in [0.2, 0.25) is 0 Å². The molecule has 25 heavy (non-hydrogen) atoms. The predicted octanol–water partition coefficient (Wildman–Crippen LogP) is 3.39. The van der Waals surface area contributed by atoms with E-state index in [9.17, 15) is 4.39 Å². The molecule has 128 valence electrons. The number of anilines is 1. The zero-order chi connectivity index (χ0) is 17.2. The summed E-state index contributed by atoms with van der Waals surface area (Å²) in [7, 11) is 0. The minimum absolute atomic E-state index is 0.258. The summed E-state index contributed by atoms with van der Waals surface area (Å²) < 4.78 is 18.6. The summed E-state index contributed by atoms with van der Waals surface area (Å²) in [5, 5.41) is 1.65. The lowest BCUT2D eigenvalue weighted by atomic mass is 10.1. The maximum absolute atomic E-state index is 13.2. The molecule has 3 aromatic rings. The minimum Gasteiger partial charge on any atom is -0.378 e. The molecule has 0 aliphatic carbocycles. The van der Waals surface area contributed by atoms with E-state index in [0.717, 1.165) is 46.2 Å². The summed E-state index contributed by atoms with van der Waals surface area (Å²) in [6.07, 6.45) is 3.77. The second-order valence-corrected chi connectivity index (χ2v) is 6.50. The van der Waals surface area contributed by atoms with E-state index >= 15 is 0 Å². The topological polar surface area (TPSA) is 51.1 Å². The Morgan fingerprint density at radius 2 is 1.88 bits per heavy atom. The lowest BCUT2D eigenvalue weighted by Gasteiger charge is -2.28. The summed E-state index contributed by atoms with van der Waals surface area (Å²) >= 11 is 1.52. The number of nitrogens with zero attached hydrogens (tertiary/aromatic N) is 4. The Labute approximate surface area is 149 Å². The summed E-state index contributed by atoms with van der Waals surface area (Å²) in [6.45, 7) is 3.00. The second-order valence-electron chi connectivity index (χ2n) is 5.73. The quantitative estimate of drug-likeness (QED) is 0.530. The molecule has 1 aromatic carbocycles. The van der Waals surface area contributed by atoms with Crippen molar-refractivity contribution >= 4 is 28.5 Å². The SMILES string of the molecule is CSc1nc(N2CCOCC2)c2cnc(-c3ccc(F)cc3)cc2n1. The van der Waals surface area contributed by atoms with Crippen molar-refractivity contribution < 1.29 is 9.13 Å². The molecule has 0 N–H and O–H groups in total. The summed E-state index contributed by atoms with van der Waals surface area (Å²) in [5.74, 6) is 0.641. The molecule has 5 nitrogen and oxygen atoms in total. The van der Waals surface area contributed by atoms with Crippen molar-refractivity contribution in [2.75, 3.05) is 37.5 Å². The smallest absolute Gasteiger partial charge is 0.189 e. The maximum atomic E-state index is 13.2. The minimum atomic E-state index is -0.258. The zero-order valence-electron chi connectivity index (χ0n) is 13.8. The van der Waals surface area contributed by atoms with Gasteiger partial charge < -0.3 is 9.64 Å². The molecule has 0 spiro atoms. The fourth-order valence-electron chi connectivity index (χ4n) is 2.87. The summed E-state index contributed by atoms with van der Waals surface area (Å²) in [6, 6.07) is 8.27. The molecule has 1 fully saturated rings. The molecule has 1 aliphatic rings. The van der Waals surface area contributed by atoms with Gasteiger partial charge in [-0.15, -0.1) is 0 Å². The first-order chi connectivity index (χ1) is 12.2. The van der Waals surface area contributed by atoms with Crippen LogP contribution in [0.3, 0.4) is 0 Å². The van der Waals surface area contributed by atoms with Crippen molar-refractivity contribution in [3.63, 3.8) is 0 Å². The van der Waals surface area contributed by atoms with Crippen LogP contribution in [0.1, 0.15) is 0 Å². The molecule has 4 rings (SSSR count). The number of rotatable bonds is 3. The van der Waals surface area contributed by atoms with Crippen LogP contribution in [0.25, 0.3) is 22.2 Å². The van der Waals surface area contributed by atoms with Crippen LogP contribution in [0.15, 0.2) is 41.7 Å². The van der Waals surface area contributed by atoms with Crippen molar-refractivity contribution in [3.05, 3.63) is 42.3 Å². The molecule has 0 unspecified atom stereocenters. The highest BCUT2D eigenvalue weighted by molar-refractivity contribution is 7.98. The number of hydrogen-bond donors (Lipinski definition) is 0. The molecular formula is C18H17FN4OS. The van der Waals surface area contributed by atoms with Gasteiger partial charge in [0.1, 0.15) is 11.6 Å². The number of benzene rings is 1. The molecule has 1 saturated heterocycles. The van der Waals surface area contributed by atoms with Crippen LogP contribution >= 0.6 is 11.8 Å². The van der Waals surface area contributed by atoms with Gasteiger partial charge in [0.15, 0.2) is 5.16 Å². The second kappa shape index (κ2) is 6.93. The van der Waals surface area contributed by atoms with Gasteiger partial charge in [0, 0.05) is 24.8 Å². The molecular weight excluding hydrogens is 339 g/mol. The molecule has 0 atom stereocenters. The van der Waals surface area contributed by atoms with Crippen molar-refractivity contribution in [2.45, 2.75) is 5.16 Å². The van der Waals surface area contributed by atoms with Crippen molar-refractivity contribution in [2.24, 2.45) is 0 Å². The van der Waals surface area contributed by atoms with E-state index in [4.69, 9.17) is 4.74 Å². The Balaban J connectivity index is 1.82. The summed E-state index contributed by atoms with van der Waals surface area (Å²) in [5.41, 5.74) is 2.47. The van der Waals surface area contributed by atoms with Crippen molar-refractivity contribution in [3.8, 4) is 11.3 Å². The third-order valence-electron chi connectivity index (χ3n) is 4.17. The van der Waals surface area contributed by atoms with Gasteiger partial charge in [-0.2, -0.15) is 0 Å². The third kappa shape index (κ3) is 3.29. The Bertz CT molecular complexity index is 897. The van der Waals surface area contributed by atoms with E-state index in [2.05, 4.69) is 19.9 Å². The van der Waals surface area contributed by atoms with Gasteiger partial charge in [-0.25, -0.2) is 14.4 Å². The van der Waals surface area contributed by atoms with Crippen LogP contribution in [-0.4, -0.2) is 47.5 Å².